The monoisotopic (exact) mass is 343 g/mol. The molecule has 0 aromatic heterocycles. The van der Waals surface area contributed by atoms with Gasteiger partial charge in [-0.05, 0) is 24.1 Å². The van der Waals surface area contributed by atoms with Crippen LogP contribution in [0.25, 0.3) is 0 Å². The Labute approximate surface area is 136 Å². The quantitative estimate of drug-likeness (QED) is 0.809. The molecule has 2 rings (SSSR count). The summed E-state index contributed by atoms with van der Waals surface area (Å²) < 4.78 is 39.8. The molecule has 0 spiro atoms. The molecule has 8 heteroatoms. The molecule has 1 aromatic carbocycles. The van der Waals surface area contributed by atoms with Crippen molar-refractivity contribution in [1.82, 2.24) is 13.5 Å². The van der Waals surface area contributed by atoms with Gasteiger partial charge >= 0.3 is 0 Å². The Kier molecular flexibility index (Phi) is 5.72. The molecule has 23 heavy (non-hydrogen) atoms. The molecule has 0 N–H and O–H groups in total. The first-order valence-electron chi connectivity index (χ1n) is 7.50. The molecule has 1 amide bonds. The SMILES string of the molecule is CN(C)S(=O)(=O)N1CCCN(C(=O)Cc2ccc(F)cc2)CC1. The van der Waals surface area contributed by atoms with E-state index in [4.69, 9.17) is 0 Å². The van der Waals surface area contributed by atoms with Crippen molar-refractivity contribution in [3.8, 4) is 0 Å². The highest BCUT2D eigenvalue weighted by atomic mass is 32.2. The minimum absolute atomic E-state index is 0.0688. The van der Waals surface area contributed by atoms with E-state index in [1.807, 2.05) is 0 Å². The predicted octanol–water partition coefficient (Wildman–Crippen LogP) is 0.709. The van der Waals surface area contributed by atoms with Crippen LogP contribution in [0.4, 0.5) is 4.39 Å². The van der Waals surface area contributed by atoms with Gasteiger partial charge in [-0.1, -0.05) is 12.1 Å². The Morgan fingerprint density at radius 3 is 2.39 bits per heavy atom. The van der Waals surface area contributed by atoms with Crippen LogP contribution >= 0.6 is 0 Å². The van der Waals surface area contributed by atoms with Crippen molar-refractivity contribution in [3.63, 3.8) is 0 Å². The summed E-state index contributed by atoms with van der Waals surface area (Å²) in [6.45, 7) is 1.59. The number of carbonyl (C=O) groups is 1. The fourth-order valence-electron chi connectivity index (χ4n) is 2.49. The molecule has 1 saturated heterocycles. The number of carbonyl (C=O) groups excluding carboxylic acids is 1. The average molecular weight is 343 g/mol. The van der Waals surface area contributed by atoms with Gasteiger partial charge in [0.1, 0.15) is 5.82 Å². The third-order valence-corrected chi connectivity index (χ3v) is 5.80. The first kappa shape index (κ1) is 17.8. The van der Waals surface area contributed by atoms with E-state index >= 15 is 0 Å². The van der Waals surface area contributed by atoms with Crippen LogP contribution in [0.15, 0.2) is 24.3 Å². The summed E-state index contributed by atoms with van der Waals surface area (Å²) in [5, 5.41) is 0. The minimum atomic E-state index is -3.45. The number of amides is 1. The Morgan fingerprint density at radius 2 is 1.78 bits per heavy atom. The van der Waals surface area contributed by atoms with Crippen LogP contribution in [-0.2, 0) is 21.4 Å². The maximum absolute atomic E-state index is 12.9. The molecule has 1 aromatic rings. The first-order chi connectivity index (χ1) is 10.8. The molecule has 6 nitrogen and oxygen atoms in total. The zero-order chi connectivity index (χ0) is 17.0. The molecular weight excluding hydrogens is 321 g/mol. The lowest BCUT2D eigenvalue weighted by Crippen LogP contribution is -2.42. The van der Waals surface area contributed by atoms with Crippen LogP contribution in [0.5, 0.6) is 0 Å². The summed E-state index contributed by atoms with van der Waals surface area (Å²) in [6, 6.07) is 5.84. The highest BCUT2D eigenvalue weighted by Crippen LogP contribution is 2.12. The van der Waals surface area contributed by atoms with Gasteiger partial charge in [0.15, 0.2) is 0 Å². The molecule has 0 aliphatic carbocycles. The summed E-state index contributed by atoms with van der Waals surface area (Å²) in [7, 11) is -0.454. The first-order valence-corrected chi connectivity index (χ1v) is 8.90. The Morgan fingerprint density at radius 1 is 1.13 bits per heavy atom. The van der Waals surface area contributed by atoms with Gasteiger partial charge in [0.05, 0.1) is 6.42 Å². The summed E-state index contributed by atoms with van der Waals surface area (Å²) in [5.41, 5.74) is 0.749. The van der Waals surface area contributed by atoms with Crippen LogP contribution in [0.3, 0.4) is 0 Å². The van der Waals surface area contributed by atoms with E-state index in [-0.39, 0.29) is 24.7 Å². The van der Waals surface area contributed by atoms with E-state index in [0.717, 1.165) is 5.56 Å². The second kappa shape index (κ2) is 7.37. The summed E-state index contributed by atoms with van der Waals surface area (Å²) >= 11 is 0. The standard InChI is InChI=1S/C15H22FN3O3S/c1-17(2)23(21,22)19-9-3-8-18(10-11-19)15(20)12-13-4-6-14(16)7-5-13/h4-7H,3,8-12H2,1-2H3. The number of benzene rings is 1. The number of nitrogens with zero attached hydrogens (tertiary/aromatic N) is 3. The number of halogens is 1. The van der Waals surface area contributed by atoms with Crippen molar-refractivity contribution in [2.24, 2.45) is 0 Å². The summed E-state index contributed by atoms with van der Waals surface area (Å²) in [6.07, 6.45) is 0.795. The normalized spacial score (nSPS) is 17.3. The molecular formula is C15H22FN3O3S. The highest BCUT2D eigenvalue weighted by molar-refractivity contribution is 7.86. The molecule has 1 aliphatic rings. The Bertz CT molecular complexity index is 646. The maximum Gasteiger partial charge on any atom is 0.281 e. The highest BCUT2D eigenvalue weighted by Gasteiger charge is 2.28. The minimum Gasteiger partial charge on any atom is -0.341 e. The summed E-state index contributed by atoms with van der Waals surface area (Å²) in [5.74, 6) is -0.402. The van der Waals surface area contributed by atoms with Crippen LogP contribution in [0, 0.1) is 5.82 Å². The maximum atomic E-state index is 12.9. The third-order valence-electron chi connectivity index (χ3n) is 3.86. The van der Waals surface area contributed by atoms with Gasteiger partial charge < -0.3 is 4.90 Å². The lowest BCUT2D eigenvalue weighted by Gasteiger charge is -2.24. The van der Waals surface area contributed by atoms with E-state index in [2.05, 4.69) is 0 Å². The zero-order valence-corrected chi connectivity index (χ0v) is 14.2. The van der Waals surface area contributed by atoms with E-state index in [0.29, 0.717) is 26.1 Å². The van der Waals surface area contributed by atoms with Crippen molar-refractivity contribution >= 4 is 16.1 Å². The van der Waals surface area contributed by atoms with Gasteiger partial charge in [0, 0.05) is 40.3 Å². The van der Waals surface area contributed by atoms with E-state index < -0.39 is 10.2 Å². The van der Waals surface area contributed by atoms with Gasteiger partial charge in [0.2, 0.25) is 5.91 Å². The molecule has 1 heterocycles. The molecule has 0 radical (unpaired) electrons. The van der Waals surface area contributed by atoms with Crippen molar-refractivity contribution in [2.45, 2.75) is 12.8 Å². The molecule has 0 atom stereocenters. The van der Waals surface area contributed by atoms with Crippen molar-refractivity contribution in [1.29, 1.82) is 0 Å². The van der Waals surface area contributed by atoms with Crippen LogP contribution in [0.1, 0.15) is 12.0 Å². The fraction of sp³-hybridized carbons (Fsp3) is 0.533. The van der Waals surface area contributed by atoms with Crippen molar-refractivity contribution in [3.05, 3.63) is 35.6 Å². The van der Waals surface area contributed by atoms with Crippen LogP contribution in [0.2, 0.25) is 0 Å². The molecule has 1 fully saturated rings. The van der Waals surface area contributed by atoms with Crippen LogP contribution < -0.4 is 0 Å². The van der Waals surface area contributed by atoms with Gasteiger partial charge in [-0.15, -0.1) is 0 Å². The number of hydrogen-bond donors (Lipinski definition) is 0. The molecule has 1 aliphatic heterocycles. The van der Waals surface area contributed by atoms with Gasteiger partial charge in [0.25, 0.3) is 10.2 Å². The molecule has 128 valence electrons. The molecule has 0 bridgehead atoms. The summed E-state index contributed by atoms with van der Waals surface area (Å²) in [4.78, 5) is 14.0. The second-order valence-corrected chi connectivity index (χ2v) is 7.87. The van der Waals surface area contributed by atoms with Crippen LogP contribution in [-0.4, -0.2) is 68.1 Å². The molecule has 0 saturated carbocycles. The van der Waals surface area contributed by atoms with Crippen molar-refractivity contribution in [2.75, 3.05) is 40.3 Å². The number of rotatable bonds is 4. The van der Waals surface area contributed by atoms with E-state index in [1.54, 1.807) is 17.0 Å². The third kappa shape index (κ3) is 4.49. The lowest BCUT2D eigenvalue weighted by molar-refractivity contribution is -0.130. The fourth-order valence-corrected chi connectivity index (χ4v) is 3.63. The average Bonchev–Trinajstić information content (AvgIpc) is 2.76. The van der Waals surface area contributed by atoms with E-state index in [1.165, 1.54) is 34.8 Å². The smallest absolute Gasteiger partial charge is 0.281 e. The van der Waals surface area contributed by atoms with E-state index in [9.17, 15) is 17.6 Å². The Hall–Kier alpha value is -1.51. The largest absolute Gasteiger partial charge is 0.341 e. The topological polar surface area (TPSA) is 60.9 Å². The van der Waals surface area contributed by atoms with Gasteiger partial charge in [-0.2, -0.15) is 17.0 Å². The Balaban J connectivity index is 1.97. The zero-order valence-electron chi connectivity index (χ0n) is 13.4. The number of hydrogen-bond acceptors (Lipinski definition) is 3. The second-order valence-electron chi connectivity index (χ2n) is 5.73. The van der Waals surface area contributed by atoms with Gasteiger partial charge in [-0.3, -0.25) is 4.79 Å². The van der Waals surface area contributed by atoms with Crippen molar-refractivity contribution < 1.29 is 17.6 Å². The molecule has 0 unspecified atom stereocenters. The van der Waals surface area contributed by atoms with Gasteiger partial charge in [-0.25, -0.2) is 4.39 Å². The predicted molar refractivity (Wildman–Crippen MR) is 85.5 cm³/mol. The lowest BCUT2D eigenvalue weighted by atomic mass is 10.1.